The zero-order valence-corrected chi connectivity index (χ0v) is 13.3. The molecule has 0 bridgehead atoms. The summed E-state index contributed by atoms with van der Waals surface area (Å²) in [7, 11) is 2.06. The fourth-order valence-electron chi connectivity index (χ4n) is 2.50. The van der Waals surface area contributed by atoms with Gasteiger partial charge in [-0.3, -0.25) is 4.79 Å². The van der Waals surface area contributed by atoms with Crippen LogP contribution in [-0.2, 0) is 6.54 Å². The summed E-state index contributed by atoms with van der Waals surface area (Å²) in [5.41, 5.74) is 1.58. The highest BCUT2D eigenvalue weighted by Crippen LogP contribution is 2.09. The molecule has 2 heterocycles. The number of aromatic nitrogens is 2. The second kappa shape index (κ2) is 7.19. The number of hydrogen-bond acceptors (Lipinski definition) is 5. The number of nitrogens with zero attached hydrogens (tertiary/aromatic N) is 4. The van der Waals surface area contributed by atoms with Gasteiger partial charge in [0.1, 0.15) is 5.82 Å². The van der Waals surface area contributed by atoms with Gasteiger partial charge >= 0.3 is 0 Å². The molecule has 0 radical (unpaired) electrons. The van der Waals surface area contributed by atoms with Crippen LogP contribution in [0.15, 0.2) is 42.5 Å². The van der Waals surface area contributed by atoms with E-state index in [0.717, 1.165) is 26.2 Å². The van der Waals surface area contributed by atoms with E-state index in [-0.39, 0.29) is 5.91 Å². The topological polar surface area (TPSA) is 61.4 Å². The molecule has 0 spiro atoms. The summed E-state index contributed by atoms with van der Waals surface area (Å²) in [6.45, 7) is 3.96. The minimum atomic E-state index is -0.0415. The summed E-state index contributed by atoms with van der Waals surface area (Å²) in [4.78, 5) is 16.4. The molecule has 1 N–H and O–H groups in total. The molecular weight excluding hydrogens is 290 g/mol. The number of hydrogen-bond donors (Lipinski definition) is 1. The maximum Gasteiger partial charge on any atom is 0.274 e. The minimum Gasteiger partial charge on any atom is -0.365 e. The van der Waals surface area contributed by atoms with Crippen molar-refractivity contribution in [3.05, 3.63) is 53.7 Å². The largest absolute Gasteiger partial charge is 0.365 e. The highest BCUT2D eigenvalue weighted by molar-refractivity contribution is 5.92. The molecule has 1 amide bonds. The summed E-state index contributed by atoms with van der Waals surface area (Å²) >= 11 is 0. The quantitative estimate of drug-likeness (QED) is 0.926. The predicted octanol–water partition coefficient (Wildman–Crippen LogP) is 1.48. The van der Waals surface area contributed by atoms with E-state index in [1.165, 1.54) is 5.56 Å². The maximum absolute atomic E-state index is 12.4. The first-order valence-corrected chi connectivity index (χ1v) is 7.82. The fraction of sp³-hybridized carbons (Fsp3) is 0.353. The number of carbonyl (C=O) groups is 1. The molecule has 0 atom stereocenters. The molecular formula is C17H21N5O. The molecule has 0 aliphatic carbocycles. The SMILES string of the molecule is CN1CCN(C(=O)c2ccc(NCc3ccccc3)nn2)CC1. The van der Waals surface area contributed by atoms with Gasteiger partial charge in [0.25, 0.3) is 5.91 Å². The first kappa shape index (κ1) is 15.4. The van der Waals surface area contributed by atoms with Gasteiger partial charge in [-0.1, -0.05) is 30.3 Å². The van der Waals surface area contributed by atoms with Crippen molar-refractivity contribution in [3.63, 3.8) is 0 Å². The lowest BCUT2D eigenvalue weighted by Gasteiger charge is -2.32. The third-order valence-electron chi connectivity index (χ3n) is 3.99. The normalized spacial score (nSPS) is 15.4. The Labute approximate surface area is 136 Å². The average molecular weight is 311 g/mol. The van der Waals surface area contributed by atoms with Crippen molar-refractivity contribution in [2.24, 2.45) is 0 Å². The van der Waals surface area contributed by atoms with Crippen LogP contribution >= 0.6 is 0 Å². The van der Waals surface area contributed by atoms with Crippen molar-refractivity contribution in [2.45, 2.75) is 6.54 Å². The first-order chi connectivity index (χ1) is 11.2. The van der Waals surface area contributed by atoms with Crippen molar-refractivity contribution in [2.75, 3.05) is 38.5 Å². The zero-order valence-electron chi connectivity index (χ0n) is 13.3. The van der Waals surface area contributed by atoms with E-state index in [1.807, 2.05) is 35.2 Å². The second-order valence-corrected chi connectivity index (χ2v) is 5.74. The molecule has 6 heteroatoms. The van der Waals surface area contributed by atoms with Crippen molar-refractivity contribution >= 4 is 11.7 Å². The molecule has 0 unspecified atom stereocenters. The van der Waals surface area contributed by atoms with Crippen molar-refractivity contribution in [1.29, 1.82) is 0 Å². The van der Waals surface area contributed by atoms with Crippen LogP contribution in [0.3, 0.4) is 0 Å². The van der Waals surface area contributed by atoms with Gasteiger partial charge in [0.2, 0.25) is 0 Å². The van der Waals surface area contributed by atoms with E-state index in [9.17, 15) is 4.79 Å². The summed E-state index contributed by atoms with van der Waals surface area (Å²) < 4.78 is 0. The number of nitrogens with one attached hydrogen (secondary N) is 1. The Balaban J connectivity index is 1.57. The van der Waals surface area contributed by atoms with E-state index in [1.54, 1.807) is 12.1 Å². The number of amides is 1. The highest BCUT2D eigenvalue weighted by Gasteiger charge is 2.21. The lowest BCUT2D eigenvalue weighted by atomic mass is 10.2. The van der Waals surface area contributed by atoms with Crippen LogP contribution in [0.25, 0.3) is 0 Å². The minimum absolute atomic E-state index is 0.0415. The van der Waals surface area contributed by atoms with E-state index in [2.05, 4.69) is 27.5 Å². The van der Waals surface area contributed by atoms with E-state index in [4.69, 9.17) is 0 Å². The maximum atomic E-state index is 12.4. The Hall–Kier alpha value is -2.47. The van der Waals surface area contributed by atoms with Crippen molar-refractivity contribution in [3.8, 4) is 0 Å². The summed E-state index contributed by atoms with van der Waals surface area (Å²) in [5, 5.41) is 11.4. The van der Waals surface area contributed by atoms with Crippen LogP contribution in [-0.4, -0.2) is 59.1 Å². The van der Waals surface area contributed by atoms with E-state index in [0.29, 0.717) is 18.1 Å². The first-order valence-electron chi connectivity index (χ1n) is 7.82. The van der Waals surface area contributed by atoms with Gasteiger partial charge in [-0.15, -0.1) is 10.2 Å². The van der Waals surface area contributed by atoms with E-state index < -0.39 is 0 Å². The number of carbonyl (C=O) groups excluding carboxylic acids is 1. The van der Waals surface area contributed by atoms with Gasteiger partial charge in [0.15, 0.2) is 5.69 Å². The molecule has 2 aromatic rings. The van der Waals surface area contributed by atoms with Gasteiger partial charge in [-0.2, -0.15) is 0 Å². The van der Waals surface area contributed by atoms with Gasteiger partial charge in [0.05, 0.1) is 0 Å². The zero-order chi connectivity index (χ0) is 16.1. The number of benzene rings is 1. The Morgan fingerprint density at radius 3 is 2.43 bits per heavy atom. The molecule has 3 rings (SSSR count). The van der Waals surface area contributed by atoms with Crippen LogP contribution < -0.4 is 5.32 Å². The third-order valence-corrected chi connectivity index (χ3v) is 3.99. The predicted molar refractivity (Wildman–Crippen MR) is 89.2 cm³/mol. The molecule has 1 fully saturated rings. The monoisotopic (exact) mass is 311 g/mol. The van der Waals surface area contributed by atoms with Gasteiger partial charge in [-0.25, -0.2) is 0 Å². The molecule has 1 aromatic carbocycles. The fourth-order valence-corrected chi connectivity index (χ4v) is 2.50. The second-order valence-electron chi connectivity index (χ2n) is 5.74. The molecule has 1 aromatic heterocycles. The van der Waals surface area contributed by atoms with Gasteiger partial charge in [0, 0.05) is 32.7 Å². The molecule has 1 aliphatic heterocycles. The summed E-state index contributed by atoms with van der Waals surface area (Å²) in [5.74, 6) is 0.629. The number of likely N-dealkylation sites (N-methyl/N-ethyl adjacent to an activating group) is 1. The molecule has 1 aliphatic rings. The van der Waals surface area contributed by atoms with E-state index >= 15 is 0 Å². The summed E-state index contributed by atoms with van der Waals surface area (Å²) in [6, 6.07) is 13.6. The van der Waals surface area contributed by atoms with Gasteiger partial charge in [-0.05, 0) is 24.7 Å². The lowest BCUT2D eigenvalue weighted by Crippen LogP contribution is -2.47. The Morgan fingerprint density at radius 2 is 1.78 bits per heavy atom. The third kappa shape index (κ3) is 4.04. The van der Waals surface area contributed by atoms with Crippen LogP contribution in [0, 0.1) is 0 Å². The van der Waals surface area contributed by atoms with Crippen LogP contribution in [0.5, 0.6) is 0 Å². The Morgan fingerprint density at radius 1 is 1.04 bits per heavy atom. The van der Waals surface area contributed by atoms with Gasteiger partial charge < -0.3 is 15.1 Å². The molecule has 6 nitrogen and oxygen atoms in total. The van der Waals surface area contributed by atoms with Crippen LogP contribution in [0.2, 0.25) is 0 Å². The molecule has 120 valence electrons. The number of rotatable bonds is 4. The smallest absolute Gasteiger partial charge is 0.274 e. The Bertz CT molecular complexity index is 636. The molecule has 23 heavy (non-hydrogen) atoms. The van der Waals surface area contributed by atoms with Crippen molar-refractivity contribution in [1.82, 2.24) is 20.0 Å². The van der Waals surface area contributed by atoms with Crippen molar-refractivity contribution < 1.29 is 4.79 Å². The molecule has 1 saturated heterocycles. The highest BCUT2D eigenvalue weighted by atomic mass is 16.2. The number of anilines is 1. The Kier molecular flexibility index (Phi) is 4.83. The number of piperazine rings is 1. The standard InChI is InChI=1S/C17H21N5O/c1-21-9-11-22(12-10-21)17(23)15-7-8-16(20-19-15)18-13-14-5-3-2-4-6-14/h2-8H,9-13H2,1H3,(H,18,20). The lowest BCUT2D eigenvalue weighted by molar-refractivity contribution is 0.0657. The average Bonchev–Trinajstić information content (AvgIpc) is 2.61. The van der Waals surface area contributed by atoms with Crippen LogP contribution in [0.4, 0.5) is 5.82 Å². The van der Waals surface area contributed by atoms with Crippen LogP contribution in [0.1, 0.15) is 16.1 Å². The molecule has 0 saturated carbocycles. The summed E-state index contributed by atoms with van der Waals surface area (Å²) in [6.07, 6.45) is 0.